The molecule has 1 N–H and O–H groups in total. The Morgan fingerprint density at radius 1 is 1.21 bits per heavy atom. The van der Waals surface area contributed by atoms with Crippen molar-refractivity contribution in [3.05, 3.63) is 72.4 Å². The molecule has 7 nitrogen and oxygen atoms in total. The highest BCUT2D eigenvalue weighted by Gasteiger charge is 2.25. The van der Waals surface area contributed by atoms with Gasteiger partial charge in [0.25, 0.3) is 0 Å². The first kappa shape index (κ1) is 22.1. The van der Waals surface area contributed by atoms with Gasteiger partial charge in [0.15, 0.2) is 5.78 Å². The molecule has 172 valence electrons. The third-order valence-corrected chi connectivity index (χ3v) is 6.92. The van der Waals surface area contributed by atoms with Gasteiger partial charge in [0.1, 0.15) is 5.82 Å². The molecule has 1 fully saturated rings. The Kier molecular flexibility index (Phi) is 5.79. The van der Waals surface area contributed by atoms with Crippen molar-refractivity contribution in [1.82, 2.24) is 19.9 Å². The van der Waals surface area contributed by atoms with Crippen molar-refractivity contribution in [2.45, 2.75) is 17.7 Å². The van der Waals surface area contributed by atoms with Gasteiger partial charge in [-0.1, -0.05) is 30.3 Å². The molecule has 0 radical (unpaired) electrons. The molecule has 34 heavy (non-hydrogen) atoms. The van der Waals surface area contributed by atoms with Crippen molar-refractivity contribution in [3.63, 3.8) is 0 Å². The van der Waals surface area contributed by atoms with Crippen molar-refractivity contribution in [1.29, 1.82) is 0 Å². The number of halogens is 1. The summed E-state index contributed by atoms with van der Waals surface area (Å²) in [5.74, 6) is -0.164. The molecule has 2 atom stereocenters. The lowest BCUT2D eigenvalue weighted by Crippen LogP contribution is -2.15. The second-order valence-electron chi connectivity index (χ2n) is 8.30. The van der Waals surface area contributed by atoms with Crippen LogP contribution >= 0.6 is 0 Å². The highest BCUT2D eigenvalue weighted by atomic mass is 32.2. The van der Waals surface area contributed by atoms with Crippen molar-refractivity contribution < 1.29 is 18.2 Å². The maximum absolute atomic E-state index is 14.1. The molecule has 0 saturated carbocycles. The third kappa shape index (κ3) is 4.14. The van der Waals surface area contributed by atoms with Crippen LogP contribution in [0.4, 0.5) is 4.39 Å². The molecule has 2 aromatic carbocycles. The van der Waals surface area contributed by atoms with E-state index in [0.29, 0.717) is 46.0 Å². The van der Waals surface area contributed by atoms with E-state index in [2.05, 4.69) is 15.3 Å². The molecule has 0 spiro atoms. The number of rotatable bonds is 6. The molecule has 2 aromatic heterocycles. The van der Waals surface area contributed by atoms with Crippen LogP contribution in [0.15, 0.2) is 66.0 Å². The van der Waals surface area contributed by atoms with Crippen LogP contribution in [0.3, 0.4) is 0 Å². The maximum atomic E-state index is 14.1. The number of benzene rings is 2. The minimum absolute atomic E-state index is 0.0181. The second-order valence-corrected chi connectivity index (χ2v) is 9.65. The van der Waals surface area contributed by atoms with Gasteiger partial charge in [-0.3, -0.25) is 18.4 Å². The van der Waals surface area contributed by atoms with Crippen LogP contribution in [0, 0.1) is 11.7 Å². The first-order valence-corrected chi connectivity index (χ1v) is 12.3. The van der Waals surface area contributed by atoms with Crippen LogP contribution in [-0.4, -0.2) is 43.2 Å². The fraction of sp³-hybridized carbons (Fsp3) is 0.200. The van der Waals surface area contributed by atoms with E-state index in [0.717, 1.165) is 5.39 Å². The van der Waals surface area contributed by atoms with Crippen molar-refractivity contribution >= 4 is 33.4 Å². The molecular formula is C25H21FN4O3S. The summed E-state index contributed by atoms with van der Waals surface area (Å²) in [6, 6.07) is 11.6. The molecule has 3 heterocycles. The molecule has 4 aromatic rings. The van der Waals surface area contributed by atoms with Crippen LogP contribution in [0.5, 0.6) is 0 Å². The van der Waals surface area contributed by atoms with Gasteiger partial charge in [0.2, 0.25) is 11.9 Å². The van der Waals surface area contributed by atoms with E-state index in [-0.39, 0.29) is 29.8 Å². The highest BCUT2D eigenvalue weighted by Crippen LogP contribution is 2.29. The Hall–Kier alpha value is -3.72. The molecule has 2 unspecified atom stereocenters. The predicted octanol–water partition coefficient (Wildman–Crippen LogP) is 3.67. The molecular weight excluding hydrogens is 455 g/mol. The molecule has 1 aliphatic rings. The lowest BCUT2D eigenvalue weighted by atomic mass is 9.97. The first-order chi connectivity index (χ1) is 16.4. The zero-order valence-corrected chi connectivity index (χ0v) is 19.1. The average Bonchev–Trinajstić information content (AvgIpc) is 3.42. The smallest absolute Gasteiger partial charge is 0.234 e. The van der Waals surface area contributed by atoms with Crippen molar-refractivity contribution in [2.24, 2.45) is 5.92 Å². The SMILES string of the molecule is CS(=O)c1cn(-c2ncc(-c3ccccc3F)cn2)c2cc(C(=O)CC3CNC(=O)C3)ccc12. The summed E-state index contributed by atoms with van der Waals surface area (Å²) >= 11 is 0. The summed E-state index contributed by atoms with van der Waals surface area (Å²) < 4.78 is 28.2. The fourth-order valence-corrected chi connectivity index (χ4v) is 4.97. The normalized spacial score (nSPS) is 16.5. The zero-order chi connectivity index (χ0) is 23.8. The van der Waals surface area contributed by atoms with Crippen LogP contribution in [0.2, 0.25) is 0 Å². The van der Waals surface area contributed by atoms with Crippen LogP contribution < -0.4 is 5.32 Å². The highest BCUT2D eigenvalue weighted by molar-refractivity contribution is 7.84. The third-order valence-electron chi connectivity index (χ3n) is 5.98. The van der Waals surface area contributed by atoms with Crippen molar-refractivity contribution in [2.75, 3.05) is 12.8 Å². The molecule has 0 aliphatic carbocycles. The summed E-state index contributed by atoms with van der Waals surface area (Å²) in [6.07, 6.45) is 6.98. The van der Waals surface area contributed by atoms with E-state index in [1.807, 2.05) is 0 Å². The Labute approximate surface area is 197 Å². The monoisotopic (exact) mass is 476 g/mol. The largest absolute Gasteiger partial charge is 0.356 e. The number of carbonyl (C=O) groups is 2. The number of hydrogen-bond donors (Lipinski definition) is 1. The number of Topliss-reactive ketones (excluding diaryl/α,β-unsaturated/α-hetero) is 1. The van der Waals surface area contributed by atoms with E-state index in [4.69, 9.17) is 0 Å². The lowest BCUT2D eigenvalue weighted by Gasteiger charge is -2.08. The fourth-order valence-electron chi connectivity index (χ4n) is 4.23. The zero-order valence-electron chi connectivity index (χ0n) is 18.3. The number of nitrogens with one attached hydrogen (secondary N) is 1. The summed E-state index contributed by atoms with van der Waals surface area (Å²) in [5, 5.41) is 3.49. The number of aromatic nitrogens is 3. The van der Waals surface area contributed by atoms with Gasteiger partial charge >= 0.3 is 0 Å². The van der Waals surface area contributed by atoms with E-state index < -0.39 is 10.8 Å². The van der Waals surface area contributed by atoms with Gasteiger partial charge in [-0.2, -0.15) is 0 Å². The maximum Gasteiger partial charge on any atom is 0.234 e. The topological polar surface area (TPSA) is 93.9 Å². The molecule has 1 amide bonds. The average molecular weight is 477 g/mol. The van der Waals surface area contributed by atoms with Crippen LogP contribution in [0.1, 0.15) is 23.2 Å². The van der Waals surface area contributed by atoms with E-state index in [1.54, 1.807) is 53.4 Å². The van der Waals surface area contributed by atoms with E-state index in [9.17, 15) is 18.2 Å². The first-order valence-electron chi connectivity index (χ1n) is 10.8. The minimum Gasteiger partial charge on any atom is -0.356 e. The summed E-state index contributed by atoms with van der Waals surface area (Å²) in [5.41, 5.74) is 2.08. The van der Waals surface area contributed by atoms with Crippen LogP contribution in [-0.2, 0) is 15.6 Å². The number of ketones is 1. The predicted molar refractivity (Wildman–Crippen MR) is 127 cm³/mol. The number of amides is 1. The Bertz CT molecular complexity index is 1450. The minimum atomic E-state index is -1.28. The van der Waals surface area contributed by atoms with E-state index >= 15 is 0 Å². The summed E-state index contributed by atoms with van der Waals surface area (Å²) in [6.45, 7) is 0.504. The number of nitrogens with zero attached hydrogens (tertiary/aromatic N) is 3. The Morgan fingerprint density at radius 2 is 1.97 bits per heavy atom. The Balaban J connectivity index is 1.53. The standard InChI is InChI=1S/C25H21FN4O3S/c1-34(33)23-14-30(25-28-12-17(13-29-25)18-4-2-3-5-20(18)26)21-10-16(6-7-19(21)23)22(31)8-15-9-24(32)27-11-15/h2-7,10,12-15H,8-9,11H2,1H3,(H,27,32). The van der Waals surface area contributed by atoms with Gasteiger partial charge in [0, 0.05) is 66.3 Å². The quantitative estimate of drug-likeness (QED) is 0.429. The number of fused-ring (bicyclic) bond motifs is 1. The van der Waals surface area contributed by atoms with Crippen molar-refractivity contribution in [3.8, 4) is 17.1 Å². The van der Waals surface area contributed by atoms with Gasteiger partial charge in [-0.05, 0) is 18.1 Å². The molecule has 5 rings (SSSR count). The second kappa shape index (κ2) is 8.90. The van der Waals surface area contributed by atoms with Gasteiger partial charge < -0.3 is 5.32 Å². The number of carbonyl (C=O) groups excluding carboxylic acids is 2. The van der Waals surface area contributed by atoms with Gasteiger partial charge in [0.05, 0.1) is 21.2 Å². The Morgan fingerprint density at radius 3 is 2.65 bits per heavy atom. The van der Waals surface area contributed by atoms with E-state index in [1.165, 1.54) is 18.5 Å². The number of hydrogen-bond acceptors (Lipinski definition) is 5. The van der Waals surface area contributed by atoms with Crippen LogP contribution in [0.25, 0.3) is 28.0 Å². The molecule has 9 heteroatoms. The summed E-state index contributed by atoms with van der Waals surface area (Å²) in [7, 11) is -1.28. The van der Waals surface area contributed by atoms with Gasteiger partial charge in [-0.25, -0.2) is 14.4 Å². The molecule has 1 saturated heterocycles. The molecule has 1 aliphatic heterocycles. The molecule has 0 bridgehead atoms. The summed E-state index contributed by atoms with van der Waals surface area (Å²) in [4.78, 5) is 33.8. The van der Waals surface area contributed by atoms with Gasteiger partial charge in [-0.15, -0.1) is 0 Å². The lowest BCUT2D eigenvalue weighted by molar-refractivity contribution is -0.119.